The first kappa shape index (κ1) is 64.8. The van der Waals surface area contributed by atoms with Crippen LogP contribution in [0.2, 0.25) is 20.1 Å². The molecule has 8 N–H and O–H groups in total. The van der Waals surface area contributed by atoms with E-state index >= 15 is 0 Å². The highest BCUT2D eigenvalue weighted by Gasteiger charge is 2.21. The zero-order valence-corrected chi connectivity index (χ0v) is 49.8. The van der Waals surface area contributed by atoms with E-state index in [0.717, 1.165) is 5.56 Å². The van der Waals surface area contributed by atoms with Crippen LogP contribution >= 0.6 is 78.3 Å². The molecule has 3 amide bonds. The standard InChI is InChI=1S/C19H19Br2NO4.C19H19Cl2NO5.C18H17Cl2NO5/c1-10(2)14-9-13(4-5-17(14)24)26-19-15(20)7-12(8-16(19)21)22-18(25)6-11(3)23;1-9(2)12-6-11(4-5-15(12)23)27-19-13(20)7-14(10(3)18(19)21)22-16(24)8-17(25)26;1-9(2)12-7-11(3-4-15(12)22)26-18-13(19)5-10(6-14(18)20)21-16(23)8-17(24)25/h4-5,7-10,24H,6H2,1-3H3,(H,22,25);4-7,9,23H,8H2,1-3H3,(H,22,24)(H,25,26);3-7,9,22H,8H2,1-2H3,(H,21,23)(H,24,25). The number of ketones is 1. The highest BCUT2D eigenvalue weighted by molar-refractivity contribution is 9.11. The van der Waals surface area contributed by atoms with Gasteiger partial charge in [0.2, 0.25) is 17.7 Å². The molecule has 17 nitrogen and oxygen atoms in total. The molecule has 420 valence electrons. The molecule has 0 spiro atoms. The summed E-state index contributed by atoms with van der Waals surface area (Å²) in [6.07, 6.45) is -1.50. The Hall–Kier alpha value is -6.74. The highest BCUT2D eigenvalue weighted by Crippen LogP contribution is 2.45. The molecule has 0 unspecified atom stereocenters. The molecule has 0 radical (unpaired) electrons. The van der Waals surface area contributed by atoms with Gasteiger partial charge in [0.1, 0.15) is 53.1 Å². The Labute approximate surface area is 492 Å². The van der Waals surface area contributed by atoms with Gasteiger partial charge in [-0.05, 0) is 154 Å². The molecule has 0 aliphatic carbocycles. The van der Waals surface area contributed by atoms with Crippen LogP contribution in [0.3, 0.4) is 0 Å². The minimum Gasteiger partial charge on any atom is -0.508 e. The van der Waals surface area contributed by atoms with Gasteiger partial charge < -0.3 is 55.7 Å². The van der Waals surface area contributed by atoms with Gasteiger partial charge in [0.05, 0.1) is 35.5 Å². The number of carboxylic acids is 2. The van der Waals surface area contributed by atoms with E-state index < -0.39 is 36.6 Å². The molecule has 0 bridgehead atoms. The average molecular weight is 1300 g/mol. The number of hydrogen-bond donors (Lipinski definition) is 8. The summed E-state index contributed by atoms with van der Waals surface area (Å²) in [5, 5.41) is 55.2. The van der Waals surface area contributed by atoms with E-state index in [-0.39, 0.29) is 90.4 Å². The van der Waals surface area contributed by atoms with Gasteiger partial charge in [-0.25, -0.2) is 0 Å². The van der Waals surface area contributed by atoms with Gasteiger partial charge >= 0.3 is 11.9 Å². The second-order valence-electron chi connectivity index (χ2n) is 18.3. The molecule has 0 aromatic heterocycles. The number of halogens is 6. The number of ether oxygens (including phenoxy) is 3. The summed E-state index contributed by atoms with van der Waals surface area (Å²) < 4.78 is 18.7. The number of amides is 3. The molecule has 0 heterocycles. The van der Waals surface area contributed by atoms with E-state index in [2.05, 4.69) is 47.8 Å². The average Bonchev–Trinajstić information content (AvgIpc) is 3.33. The number of benzene rings is 6. The minimum absolute atomic E-state index is 0.0908. The quantitative estimate of drug-likeness (QED) is 0.0372. The maximum atomic E-state index is 11.7. The van der Waals surface area contributed by atoms with Gasteiger partial charge in [-0.3, -0.25) is 28.8 Å². The number of phenols is 3. The van der Waals surface area contributed by atoms with Crippen LogP contribution in [0, 0.1) is 6.92 Å². The SMILES string of the molecule is CC(=O)CC(=O)Nc1cc(Br)c(Oc2ccc(O)c(C(C)C)c2)c(Br)c1.CC(C)c1cc(Oc2c(Cl)cc(NC(=O)CC(=O)O)cc2Cl)ccc1O.Cc1c(NC(=O)CC(=O)O)cc(Cl)c(Oc2ccc(O)c(C(C)C)c2)c1Cl. The lowest BCUT2D eigenvalue weighted by molar-refractivity contribution is -0.141. The number of aliphatic carboxylic acids is 2. The molecule has 6 aromatic rings. The molecule has 0 fully saturated rings. The smallest absolute Gasteiger partial charge is 0.312 e. The largest absolute Gasteiger partial charge is 0.508 e. The lowest BCUT2D eigenvalue weighted by atomic mass is 10.0. The van der Waals surface area contributed by atoms with E-state index in [0.29, 0.717) is 60.0 Å². The van der Waals surface area contributed by atoms with E-state index in [4.69, 9.17) is 70.8 Å². The van der Waals surface area contributed by atoms with E-state index in [1.54, 1.807) is 61.5 Å². The maximum Gasteiger partial charge on any atom is 0.312 e. The predicted molar refractivity (Wildman–Crippen MR) is 312 cm³/mol. The maximum absolute atomic E-state index is 11.7. The second-order valence-corrected chi connectivity index (χ2v) is 21.6. The van der Waals surface area contributed by atoms with Crippen molar-refractivity contribution < 1.29 is 68.5 Å². The van der Waals surface area contributed by atoms with Crippen LogP contribution in [-0.2, 0) is 28.8 Å². The first-order valence-electron chi connectivity index (χ1n) is 23.8. The first-order chi connectivity index (χ1) is 36.9. The van der Waals surface area contributed by atoms with Crippen molar-refractivity contribution >= 4 is 131 Å². The molecular formula is C56H55Br2Cl4N3O14. The number of hydrogen-bond acceptors (Lipinski definition) is 12. The molecule has 23 heteroatoms. The summed E-state index contributed by atoms with van der Waals surface area (Å²) in [4.78, 5) is 67.1. The minimum atomic E-state index is -1.24. The number of carbonyl (C=O) groups is 6. The fourth-order valence-electron chi connectivity index (χ4n) is 7.01. The molecule has 0 aliphatic rings. The first-order valence-corrected chi connectivity index (χ1v) is 26.9. The number of anilines is 3. The lowest BCUT2D eigenvalue weighted by Gasteiger charge is -2.16. The summed E-state index contributed by atoms with van der Waals surface area (Å²) in [6, 6.07) is 22.3. The van der Waals surface area contributed by atoms with Crippen molar-refractivity contribution in [1.29, 1.82) is 0 Å². The van der Waals surface area contributed by atoms with Gasteiger partial charge in [-0.2, -0.15) is 0 Å². The van der Waals surface area contributed by atoms with Gasteiger partial charge in [-0.15, -0.1) is 0 Å². The van der Waals surface area contributed by atoms with Crippen LogP contribution in [0.5, 0.6) is 51.7 Å². The molecule has 0 aliphatic heterocycles. The van der Waals surface area contributed by atoms with Crippen molar-refractivity contribution in [1.82, 2.24) is 0 Å². The fraction of sp³-hybridized carbons (Fsp3) is 0.250. The second kappa shape index (κ2) is 29.5. The van der Waals surface area contributed by atoms with Gasteiger partial charge in [-0.1, -0.05) is 87.9 Å². The molecule has 0 saturated heterocycles. The van der Waals surface area contributed by atoms with Gasteiger partial charge in [0.15, 0.2) is 17.2 Å². The van der Waals surface area contributed by atoms with Crippen molar-refractivity contribution in [2.24, 2.45) is 0 Å². The Morgan fingerprint density at radius 2 is 0.835 bits per heavy atom. The van der Waals surface area contributed by atoms with Crippen molar-refractivity contribution in [2.75, 3.05) is 16.0 Å². The molecule has 6 aromatic carbocycles. The Morgan fingerprint density at radius 1 is 0.494 bits per heavy atom. The predicted octanol–water partition coefficient (Wildman–Crippen LogP) is 16.1. The summed E-state index contributed by atoms with van der Waals surface area (Å²) in [7, 11) is 0. The van der Waals surface area contributed by atoms with Crippen molar-refractivity contribution in [3.8, 4) is 51.7 Å². The third-order valence-corrected chi connectivity index (χ3v) is 13.3. The summed E-state index contributed by atoms with van der Waals surface area (Å²) in [5.41, 5.74) is 3.81. The number of nitrogens with one attached hydrogen (secondary N) is 3. The Balaban J connectivity index is 0.000000255. The van der Waals surface area contributed by atoms with Gasteiger partial charge in [0.25, 0.3) is 0 Å². The van der Waals surface area contributed by atoms with Gasteiger partial charge in [0, 0.05) is 33.8 Å². The van der Waals surface area contributed by atoms with Crippen LogP contribution in [-0.4, -0.2) is 61.0 Å². The van der Waals surface area contributed by atoms with Crippen LogP contribution in [0.1, 0.15) is 108 Å². The summed E-state index contributed by atoms with van der Waals surface area (Å²) in [5.74, 6) is -1.13. The summed E-state index contributed by atoms with van der Waals surface area (Å²) in [6.45, 7) is 14.8. The lowest BCUT2D eigenvalue weighted by Crippen LogP contribution is -2.16. The fourth-order valence-corrected chi connectivity index (χ4v) is 9.46. The molecule has 0 saturated carbocycles. The van der Waals surface area contributed by atoms with Crippen molar-refractivity contribution in [3.05, 3.63) is 136 Å². The molecule has 6 rings (SSSR count). The normalized spacial score (nSPS) is 10.7. The number of rotatable bonds is 18. The third kappa shape index (κ3) is 19.5. The van der Waals surface area contributed by atoms with Crippen LogP contribution in [0.4, 0.5) is 17.1 Å². The highest BCUT2D eigenvalue weighted by atomic mass is 79.9. The van der Waals surface area contributed by atoms with E-state index in [1.807, 2.05) is 41.5 Å². The van der Waals surface area contributed by atoms with Crippen LogP contribution in [0.25, 0.3) is 0 Å². The van der Waals surface area contributed by atoms with Crippen molar-refractivity contribution in [3.63, 3.8) is 0 Å². The Bertz CT molecular complexity index is 3100. The van der Waals surface area contributed by atoms with Crippen LogP contribution < -0.4 is 30.2 Å². The third-order valence-electron chi connectivity index (χ3n) is 10.8. The number of Topliss-reactive ketones (excluding diaryl/α,β-unsaturated/α-hetero) is 1. The molecular weight excluding hydrogens is 1240 g/mol. The number of aromatic hydroxyl groups is 3. The van der Waals surface area contributed by atoms with E-state index in [1.165, 1.54) is 37.3 Å². The number of carboxylic acid groups (broad SMARTS) is 2. The zero-order chi connectivity index (χ0) is 59.2. The van der Waals surface area contributed by atoms with Crippen LogP contribution in [0.15, 0.2) is 93.9 Å². The molecule has 79 heavy (non-hydrogen) atoms. The Kier molecular flexibility index (Phi) is 24.2. The Morgan fingerprint density at radius 3 is 1.22 bits per heavy atom. The zero-order valence-electron chi connectivity index (χ0n) is 43.6. The number of carbonyl (C=O) groups excluding carboxylic acids is 4. The van der Waals surface area contributed by atoms with Crippen molar-refractivity contribution in [2.45, 2.75) is 92.4 Å². The monoisotopic (exact) mass is 1290 g/mol. The number of phenolic OH excluding ortho intramolecular Hbond substituents is 3. The van der Waals surface area contributed by atoms with E-state index in [9.17, 15) is 44.1 Å². The topological polar surface area (TPSA) is 267 Å². The molecule has 0 atom stereocenters. The summed E-state index contributed by atoms with van der Waals surface area (Å²) >= 11 is 31.8.